The minimum absolute atomic E-state index is 0.0642. The van der Waals surface area contributed by atoms with Crippen molar-refractivity contribution < 1.29 is 61.4 Å². The number of rotatable bonds is 6. The van der Waals surface area contributed by atoms with Crippen molar-refractivity contribution in [1.82, 2.24) is 19.5 Å². The fourth-order valence-electron chi connectivity index (χ4n) is 3.30. The van der Waals surface area contributed by atoms with Crippen LogP contribution in [0.2, 0.25) is 0 Å². The average Bonchev–Trinajstić information content (AvgIpc) is 3.07. The Kier molecular flexibility index (Phi) is 5.20. The molecule has 2 bridgehead atoms. The number of aromatic nitrogens is 4. The summed E-state index contributed by atoms with van der Waals surface area (Å²) in [6.07, 6.45) is -4.06. The van der Waals surface area contributed by atoms with Crippen LogP contribution in [0, 0.1) is 0 Å². The molecule has 2 aromatic rings. The lowest BCUT2D eigenvalue weighted by Crippen LogP contribution is -2.52. The second-order valence-corrected chi connectivity index (χ2v) is 10.8. The number of phosphoric ester groups is 1. The SMILES string of the molecule is Nc1ncnc2c1nc1n2C2(O)COC(C1OP(=O)(O)OP(=O)(O)OP(=O)(O)O)C2O. The smallest absolute Gasteiger partial charge is 0.385 e. The number of ether oxygens (including phenoxy) is 1. The van der Waals surface area contributed by atoms with E-state index in [0.717, 1.165) is 10.9 Å². The van der Waals surface area contributed by atoms with Gasteiger partial charge >= 0.3 is 23.5 Å². The third-order valence-electron chi connectivity index (χ3n) is 4.37. The van der Waals surface area contributed by atoms with Crippen LogP contribution in [0.5, 0.6) is 0 Å². The Balaban J connectivity index is 1.75. The van der Waals surface area contributed by atoms with E-state index in [1.165, 1.54) is 0 Å². The van der Waals surface area contributed by atoms with Crippen LogP contribution in [0.1, 0.15) is 11.9 Å². The van der Waals surface area contributed by atoms with Crippen molar-refractivity contribution in [2.45, 2.75) is 24.0 Å². The van der Waals surface area contributed by atoms with E-state index < -0.39 is 54.1 Å². The topological polar surface area (TPSA) is 279 Å². The first-order chi connectivity index (χ1) is 14.1. The van der Waals surface area contributed by atoms with Crippen LogP contribution < -0.4 is 5.73 Å². The molecule has 1 fully saturated rings. The summed E-state index contributed by atoms with van der Waals surface area (Å²) in [5.41, 5.74) is 3.45. The van der Waals surface area contributed by atoms with Crippen molar-refractivity contribution in [3.8, 4) is 0 Å². The van der Waals surface area contributed by atoms with E-state index in [2.05, 4.69) is 23.6 Å². The van der Waals surface area contributed by atoms with E-state index in [9.17, 15) is 33.7 Å². The maximum absolute atomic E-state index is 12.3. The Morgan fingerprint density at radius 3 is 2.48 bits per heavy atom. The highest BCUT2D eigenvalue weighted by molar-refractivity contribution is 7.66. The predicted molar refractivity (Wildman–Crippen MR) is 93.4 cm³/mol. The molecular weight excluding hydrogens is 491 g/mol. The van der Waals surface area contributed by atoms with Crippen LogP contribution in [-0.2, 0) is 37.3 Å². The number of aliphatic hydroxyl groups excluding tert-OH is 1. The summed E-state index contributed by atoms with van der Waals surface area (Å²) in [5, 5.41) is 21.4. The molecule has 6 atom stereocenters. The number of aliphatic hydroxyl groups is 2. The molecule has 2 aromatic heterocycles. The number of fused-ring (bicyclic) bond motifs is 6. The zero-order valence-electron chi connectivity index (χ0n) is 14.8. The van der Waals surface area contributed by atoms with E-state index in [1.807, 2.05) is 0 Å². The van der Waals surface area contributed by atoms with Crippen molar-refractivity contribution in [2.75, 3.05) is 12.3 Å². The van der Waals surface area contributed by atoms with Crippen LogP contribution in [0.4, 0.5) is 5.82 Å². The highest BCUT2D eigenvalue weighted by Gasteiger charge is 2.61. The van der Waals surface area contributed by atoms with Gasteiger partial charge in [0.15, 0.2) is 28.8 Å². The Morgan fingerprint density at radius 1 is 1.16 bits per heavy atom. The molecule has 6 unspecified atom stereocenters. The van der Waals surface area contributed by atoms with Gasteiger partial charge in [-0.1, -0.05) is 0 Å². The van der Waals surface area contributed by atoms with Crippen LogP contribution in [0.15, 0.2) is 6.33 Å². The van der Waals surface area contributed by atoms with Gasteiger partial charge in [-0.3, -0.25) is 9.09 Å². The number of phosphoric acid groups is 3. The van der Waals surface area contributed by atoms with Gasteiger partial charge < -0.3 is 40.3 Å². The van der Waals surface area contributed by atoms with Crippen LogP contribution >= 0.6 is 23.5 Å². The molecule has 0 radical (unpaired) electrons. The summed E-state index contributed by atoms with van der Waals surface area (Å²) in [6, 6.07) is 0. The summed E-state index contributed by atoms with van der Waals surface area (Å²) in [4.78, 5) is 48.1. The minimum atomic E-state index is -5.79. The molecule has 0 aromatic carbocycles. The molecule has 21 heteroatoms. The molecule has 4 heterocycles. The van der Waals surface area contributed by atoms with E-state index >= 15 is 0 Å². The molecule has 0 aliphatic carbocycles. The number of hydrogen-bond donors (Lipinski definition) is 7. The lowest BCUT2D eigenvalue weighted by molar-refractivity contribution is -0.136. The third kappa shape index (κ3) is 3.96. The van der Waals surface area contributed by atoms with Gasteiger partial charge in [-0.15, -0.1) is 0 Å². The van der Waals surface area contributed by atoms with Gasteiger partial charge in [0.1, 0.15) is 24.4 Å². The zero-order valence-corrected chi connectivity index (χ0v) is 17.4. The normalized spacial score (nSPS) is 31.9. The van der Waals surface area contributed by atoms with Gasteiger partial charge in [-0.25, -0.2) is 28.6 Å². The van der Waals surface area contributed by atoms with Crippen molar-refractivity contribution in [3.63, 3.8) is 0 Å². The number of nitrogens with zero attached hydrogens (tertiary/aromatic N) is 4. The van der Waals surface area contributed by atoms with Crippen LogP contribution in [0.3, 0.4) is 0 Å². The average molecular weight is 505 g/mol. The molecule has 0 amide bonds. The largest absolute Gasteiger partial charge is 0.490 e. The third-order valence-corrected chi connectivity index (χ3v) is 8.20. The standard InChI is InChI=1S/C10H14N5O13P3/c11-7-3-8(13-2-12-7)15-9(14-3)5(4-6(16)10(15,17)1-25-4)26-30(21,22)28-31(23,24)27-29(18,19)20/h2,4-6,16-17H,1H2,(H,21,22)(H,23,24)(H2,11,12,13)(H2,18,19,20). The number of hydrogen-bond acceptors (Lipinski definition) is 13. The van der Waals surface area contributed by atoms with Crippen LogP contribution in [0.25, 0.3) is 11.2 Å². The van der Waals surface area contributed by atoms with Gasteiger partial charge in [0, 0.05) is 0 Å². The molecule has 172 valence electrons. The molecule has 1 saturated heterocycles. The Morgan fingerprint density at radius 2 is 1.84 bits per heavy atom. The summed E-state index contributed by atoms with van der Waals surface area (Å²) in [5.74, 6) is -0.474. The highest BCUT2D eigenvalue weighted by atomic mass is 31.3. The Hall–Kier alpha value is -1.36. The van der Waals surface area contributed by atoms with E-state index in [0.29, 0.717) is 0 Å². The van der Waals surface area contributed by atoms with E-state index in [1.54, 1.807) is 0 Å². The fourth-order valence-corrected chi connectivity index (χ4v) is 6.47. The van der Waals surface area contributed by atoms with Gasteiger partial charge in [-0.05, 0) is 0 Å². The molecule has 4 rings (SSSR count). The van der Waals surface area contributed by atoms with Crippen molar-refractivity contribution in [3.05, 3.63) is 12.2 Å². The lowest BCUT2D eigenvalue weighted by Gasteiger charge is -2.37. The quantitative estimate of drug-likeness (QED) is 0.213. The first kappa shape index (κ1) is 22.8. The summed E-state index contributed by atoms with van der Waals surface area (Å²) in [6.45, 7) is -0.530. The number of imidazole rings is 1. The Bertz CT molecular complexity index is 1200. The molecule has 0 spiro atoms. The van der Waals surface area contributed by atoms with Gasteiger partial charge in [-0.2, -0.15) is 8.62 Å². The summed E-state index contributed by atoms with van der Waals surface area (Å²) in [7, 11) is -17.0. The van der Waals surface area contributed by atoms with Crippen molar-refractivity contribution in [1.29, 1.82) is 0 Å². The monoisotopic (exact) mass is 505 g/mol. The molecular formula is C10H14N5O13P3. The first-order valence-corrected chi connectivity index (χ1v) is 12.5. The molecule has 2 aliphatic rings. The summed E-state index contributed by atoms with van der Waals surface area (Å²) < 4.78 is 53.0. The summed E-state index contributed by atoms with van der Waals surface area (Å²) >= 11 is 0. The van der Waals surface area contributed by atoms with Crippen molar-refractivity contribution >= 4 is 40.4 Å². The zero-order chi connectivity index (χ0) is 23.0. The van der Waals surface area contributed by atoms with Gasteiger partial charge in [0.05, 0.1) is 6.61 Å². The molecule has 2 aliphatic heterocycles. The molecule has 8 N–H and O–H groups in total. The van der Waals surface area contributed by atoms with Gasteiger partial charge in [0.25, 0.3) is 0 Å². The molecule has 0 saturated carbocycles. The number of nitrogens with two attached hydrogens (primary N) is 1. The maximum atomic E-state index is 12.3. The lowest BCUT2D eigenvalue weighted by atomic mass is 9.96. The minimum Gasteiger partial charge on any atom is -0.385 e. The molecule has 31 heavy (non-hydrogen) atoms. The molecule has 18 nitrogen and oxygen atoms in total. The predicted octanol–water partition coefficient (Wildman–Crippen LogP) is -1.79. The van der Waals surface area contributed by atoms with Crippen LogP contribution in [-0.4, -0.2) is 68.1 Å². The highest BCUT2D eigenvalue weighted by Crippen LogP contribution is 2.68. The van der Waals surface area contributed by atoms with Gasteiger partial charge in [0.2, 0.25) is 0 Å². The van der Waals surface area contributed by atoms with E-state index in [4.69, 9.17) is 24.8 Å². The van der Waals surface area contributed by atoms with E-state index in [-0.39, 0.29) is 22.8 Å². The second kappa shape index (κ2) is 7.07. The fraction of sp³-hybridized carbons (Fsp3) is 0.500. The second-order valence-electron chi connectivity index (χ2n) is 6.45. The maximum Gasteiger partial charge on any atom is 0.490 e. The first-order valence-electron chi connectivity index (χ1n) is 7.97. The Labute approximate surface area is 170 Å². The number of anilines is 1. The van der Waals surface area contributed by atoms with Crippen molar-refractivity contribution in [2.24, 2.45) is 0 Å². The number of nitrogen functional groups attached to an aromatic ring is 1.